The van der Waals surface area contributed by atoms with E-state index in [-0.39, 0.29) is 20.9 Å². The number of hydrogen-bond donors (Lipinski definition) is 0. The summed E-state index contributed by atoms with van der Waals surface area (Å²) in [5, 5.41) is 1.19. The van der Waals surface area contributed by atoms with Crippen molar-refractivity contribution >= 4 is 40.7 Å². The van der Waals surface area contributed by atoms with Gasteiger partial charge in [0.25, 0.3) is 0 Å². The van der Waals surface area contributed by atoms with Gasteiger partial charge in [0, 0.05) is 0 Å². The Labute approximate surface area is 124 Å². The van der Waals surface area contributed by atoms with Gasteiger partial charge in [-0.3, -0.25) is 0 Å². The van der Waals surface area contributed by atoms with E-state index in [1.807, 2.05) is 12.3 Å². The van der Waals surface area contributed by atoms with E-state index < -0.39 is 0 Å². The van der Waals surface area contributed by atoms with Crippen LogP contribution in [0.15, 0.2) is 54.7 Å². The molecule has 2 nitrogen and oxygen atoms in total. The molecule has 3 heteroatoms. The molecule has 0 spiro atoms. The van der Waals surface area contributed by atoms with Crippen molar-refractivity contribution in [2.24, 2.45) is 0 Å². The minimum atomic E-state index is 0.0655. The van der Waals surface area contributed by atoms with Gasteiger partial charge < -0.3 is 0 Å². The average molecular weight is 328 g/mol. The zero-order chi connectivity index (χ0) is 14.1. The molecule has 0 saturated heterocycles. The standard InChI is InChI=1S/C17H15NOSe/c1-12-8-9-15-16(10-12)18(13(2)19)11-17(15)20-14-6-4-3-5-7-14/h3-11H,1-2H3. The molecule has 3 rings (SSSR count). The Hall–Kier alpha value is -1.83. The fraction of sp³-hybridized carbons (Fsp3) is 0.118. The molecule has 2 aromatic carbocycles. The van der Waals surface area contributed by atoms with E-state index in [0.717, 1.165) is 5.52 Å². The van der Waals surface area contributed by atoms with Crippen LogP contribution in [0.25, 0.3) is 10.9 Å². The summed E-state index contributed by atoms with van der Waals surface area (Å²) < 4.78 is 4.35. The van der Waals surface area contributed by atoms with Crippen LogP contribution >= 0.6 is 0 Å². The first-order chi connectivity index (χ1) is 9.65. The van der Waals surface area contributed by atoms with Crippen molar-refractivity contribution in [1.29, 1.82) is 0 Å². The third-order valence-corrected chi connectivity index (χ3v) is 5.44. The Morgan fingerprint density at radius 2 is 1.85 bits per heavy atom. The summed E-state index contributed by atoms with van der Waals surface area (Å²) in [6.45, 7) is 3.67. The summed E-state index contributed by atoms with van der Waals surface area (Å²) in [5.41, 5.74) is 2.20. The fourth-order valence-electron chi connectivity index (χ4n) is 2.26. The number of carbonyl (C=O) groups is 1. The van der Waals surface area contributed by atoms with Gasteiger partial charge in [-0.15, -0.1) is 0 Å². The quantitative estimate of drug-likeness (QED) is 0.662. The minimum absolute atomic E-state index is 0.0655. The Kier molecular flexibility index (Phi) is 3.47. The monoisotopic (exact) mass is 329 g/mol. The van der Waals surface area contributed by atoms with Gasteiger partial charge in [0.15, 0.2) is 0 Å². The summed E-state index contributed by atoms with van der Waals surface area (Å²) in [6, 6.07) is 16.8. The molecule has 100 valence electrons. The molecule has 20 heavy (non-hydrogen) atoms. The van der Waals surface area contributed by atoms with Gasteiger partial charge in [-0.2, -0.15) is 0 Å². The number of rotatable bonds is 2. The molecule has 0 N–H and O–H groups in total. The topological polar surface area (TPSA) is 22.0 Å². The van der Waals surface area contributed by atoms with Gasteiger partial charge in [-0.25, -0.2) is 0 Å². The van der Waals surface area contributed by atoms with Crippen LogP contribution in [0.2, 0.25) is 0 Å². The fourth-order valence-corrected chi connectivity index (χ4v) is 4.34. The maximum atomic E-state index is 11.8. The van der Waals surface area contributed by atoms with Crippen LogP contribution in [0.1, 0.15) is 17.3 Å². The SMILES string of the molecule is CC(=O)n1cc([Se]c2ccccc2)c2ccc(C)cc21. The Morgan fingerprint density at radius 3 is 2.55 bits per heavy atom. The molecule has 3 aromatic rings. The summed E-state index contributed by atoms with van der Waals surface area (Å²) in [5.74, 6) is 0.0655. The Morgan fingerprint density at radius 1 is 1.10 bits per heavy atom. The van der Waals surface area contributed by atoms with Gasteiger partial charge in [-0.05, 0) is 0 Å². The molecule has 0 aliphatic rings. The zero-order valence-corrected chi connectivity index (χ0v) is 13.2. The molecule has 0 unspecified atom stereocenters. The summed E-state index contributed by atoms with van der Waals surface area (Å²) in [6.07, 6.45) is 2.00. The second-order valence-electron chi connectivity index (χ2n) is 4.82. The second-order valence-corrected chi connectivity index (χ2v) is 7.16. The van der Waals surface area contributed by atoms with Crippen LogP contribution in [0.3, 0.4) is 0 Å². The van der Waals surface area contributed by atoms with E-state index in [1.54, 1.807) is 11.5 Å². The maximum absolute atomic E-state index is 11.8. The van der Waals surface area contributed by atoms with E-state index in [1.165, 1.54) is 19.9 Å². The molecule has 0 atom stereocenters. The molecule has 0 amide bonds. The molecule has 1 aromatic heterocycles. The van der Waals surface area contributed by atoms with Crippen molar-refractivity contribution in [2.75, 3.05) is 0 Å². The number of nitrogens with zero attached hydrogens (tertiary/aromatic N) is 1. The van der Waals surface area contributed by atoms with E-state index in [4.69, 9.17) is 0 Å². The number of aromatic nitrogens is 1. The van der Waals surface area contributed by atoms with Gasteiger partial charge in [-0.1, -0.05) is 0 Å². The third-order valence-electron chi connectivity index (χ3n) is 3.23. The molecule has 0 aliphatic heterocycles. The van der Waals surface area contributed by atoms with Crippen molar-refractivity contribution < 1.29 is 4.79 Å². The van der Waals surface area contributed by atoms with E-state index in [0.29, 0.717) is 0 Å². The zero-order valence-electron chi connectivity index (χ0n) is 11.5. The van der Waals surface area contributed by atoms with Crippen LogP contribution in [-0.4, -0.2) is 25.4 Å². The predicted octanol–water partition coefficient (Wildman–Crippen LogP) is 2.26. The van der Waals surface area contributed by atoms with E-state index in [2.05, 4.69) is 49.4 Å². The van der Waals surface area contributed by atoms with Gasteiger partial charge >= 0.3 is 124 Å². The van der Waals surface area contributed by atoms with E-state index in [9.17, 15) is 4.79 Å². The van der Waals surface area contributed by atoms with Crippen LogP contribution in [0, 0.1) is 6.92 Å². The third kappa shape index (κ3) is 2.43. The van der Waals surface area contributed by atoms with Crippen molar-refractivity contribution in [1.82, 2.24) is 4.57 Å². The number of aryl methyl sites for hydroxylation is 1. The first kappa shape index (κ1) is 13.2. The average Bonchev–Trinajstić information content (AvgIpc) is 2.78. The van der Waals surface area contributed by atoms with Gasteiger partial charge in [0.2, 0.25) is 0 Å². The molecule has 0 fully saturated rings. The number of fused-ring (bicyclic) bond motifs is 1. The number of benzene rings is 2. The molecule has 0 saturated carbocycles. The summed E-state index contributed by atoms with van der Waals surface area (Å²) in [4.78, 5) is 11.8. The molecule has 0 bridgehead atoms. The van der Waals surface area contributed by atoms with Crippen molar-refractivity contribution in [3.05, 3.63) is 60.3 Å². The number of carbonyl (C=O) groups excluding carboxylic acids is 1. The van der Waals surface area contributed by atoms with Crippen molar-refractivity contribution in [3.63, 3.8) is 0 Å². The molecule has 0 radical (unpaired) electrons. The van der Waals surface area contributed by atoms with Crippen molar-refractivity contribution in [2.45, 2.75) is 13.8 Å². The first-order valence-corrected chi connectivity index (χ1v) is 8.22. The van der Waals surface area contributed by atoms with Crippen LogP contribution in [-0.2, 0) is 0 Å². The van der Waals surface area contributed by atoms with Crippen LogP contribution in [0.4, 0.5) is 0 Å². The first-order valence-electron chi connectivity index (χ1n) is 6.51. The second kappa shape index (κ2) is 5.28. The molecule has 0 aliphatic carbocycles. The molecular formula is C17H15NOSe. The summed E-state index contributed by atoms with van der Waals surface area (Å²) >= 11 is 0.218. The normalized spacial score (nSPS) is 10.9. The van der Waals surface area contributed by atoms with Gasteiger partial charge in [0.1, 0.15) is 0 Å². The Balaban J connectivity index is 2.14. The van der Waals surface area contributed by atoms with Crippen LogP contribution < -0.4 is 8.92 Å². The van der Waals surface area contributed by atoms with Gasteiger partial charge in [0.05, 0.1) is 0 Å². The van der Waals surface area contributed by atoms with Crippen molar-refractivity contribution in [3.8, 4) is 0 Å². The predicted molar refractivity (Wildman–Crippen MR) is 84.4 cm³/mol. The van der Waals surface area contributed by atoms with E-state index >= 15 is 0 Å². The number of hydrogen-bond acceptors (Lipinski definition) is 1. The molecule has 1 heterocycles. The molecular weight excluding hydrogens is 313 g/mol. The summed E-state index contributed by atoms with van der Waals surface area (Å²) in [7, 11) is 0. The van der Waals surface area contributed by atoms with Crippen LogP contribution in [0.5, 0.6) is 0 Å². The Bertz CT molecular complexity index is 774.